The Bertz CT molecular complexity index is 1680. The molecule has 0 N–H and O–H groups in total. The molecule has 1 unspecified atom stereocenters. The predicted octanol–water partition coefficient (Wildman–Crippen LogP) is 6.79. The number of thiazole rings is 1. The van der Waals surface area contributed by atoms with Gasteiger partial charge in [0.05, 0.1) is 16.3 Å². The third-order valence-corrected chi connectivity index (χ3v) is 8.11. The number of hydrogen-bond donors (Lipinski definition) is 0. The summed E-state index contributed by atoms with van der Waals surface area (Å²) < 4.78 is 2.55. The van der Waals surface area contributed by atoms with Crippen molar-refractivity contribution in [3.63, 3.8) is 0 Å². The summed E-state index contributed by atoms with van der Waals surface area (Å²) in [6.07, 6.45) is 7.00. The van der Waals surface area contributed by atoms with Crippen molar-refractivity contribution in [3.05, 3.63) is 142 Å². The molecule has 178 valence electrons. The molecule has 1 aromatic heterocycles. The van der Waals surface area contributed by atoms with E-state index in [2.05, 4.69) is 6.08 Å². The second-order valence-corrected chi connectivity index (χ2v) is 10.9. The van der Waals surface area contributed by atoms with Gasteiger partial charge in [-0.1, -0.05) is 89.1 Å². The number of rotatable bonds is 3. The Morgan fingerprint density at radius 3 is 2.22 bits per heavy atom. The molecular formula is C30H22Cl2N2OS. The highest BCUT2D eigenvalue weighted by molar-refractivity contribution is 7.07. The number of halogens is 2. The summed E-state index contributed by atoms with van der Waals surface area (Å²) in [6.45, 7) is 0. The van der Waals surface area contributed by atoms with Crippen molar-refractivity contribution in [1.29, 1.82) is 0 Å². The van der Waals surface area contributed by atoms with E-state index >= 15 is 0 Å². The van der Waals surface area contributed by atoms with Gasteiger partial charge >= 0.3 is 0 Å². The Hall–Kier alpha value is -3.18. The summed E-state index contributed by atoms with van der Waals surface area (Å²) in [5.41, 5.74) is 6.50. The molecule has 3 nitrogen and oxygen atoms in total. The minimum atomic E-state index is -0.208. The van der Waals surface area contributed by atoms with Gasteiger partial charge in [-0.2, -0.15) is 0 Å². The normalized spacial score (nSPS) is 18.7. The van der Waals surface area contributed by atoms with Crippen LogP contribution < -0.4 is 14.9 Å². The maximum Gasteiger partial charge on any atom is 0.271 e. The lowest BCUT2D eigenvalue weighted by Crippen LogP contribution is -2.39. The molecule has 1 aliphatic carbocycles. The third kappa shape index (κ3) is 4.41. The van der Waals surface area contributed by atoms with E-state index in [9.17, 15) is 4.79 Å². The lowest BCUT2D eigenvalue weighted by Gasteiger charge is -2.31. The van der Waals surface area contributed by atoms with Gasteiger partial charge in [0, 0.05) is 10.0 Å². The van der Waals surface area contributed by atoms with Crippen LogP contribution in [0.2, 0.25) is 10.0 Å². The molecular weight excluding hydrogens is 507 g/mol. The van der Waals surface area contributed by atoms with Crippen LogP contribution in [-0.4, -0.2) is 4.57 Å². The third-order valence-electron chi connectivity index (χ3n) is 6.63. The molecule has 3 aromatic carbocycles. The fraction of sp³-hybridized carbons (Fsp3) is 0.133. The number of nitrogens with zero attached hydrogens (tertiary/aromatic N) is 2. The number of aromatic nitrogens is 1. The monoisotopic (exact) mass is 528 g/mol. The van der Waals surface area contributed by atoms with Crippen LogP contribution in [-0.2, 0) is 0 Å². The van der Waals surface area contributed by atoms with E-state index in [1.54, 1.807) is 0 Å². The van der Waals surface area contributed by atoms with E-state index in [0.29, 0.717) is 9.55 Å². The zero-order chi connectivity index (χ0) is 24.6. The molecule has 4 aromatic rings. The minimum absolute atomic E-state index is 0.0112. The first-order valence-electron chi connectivity index (χ1n) is 11.9. The largest absolute Gasteiger partial charge is 0.272 e. The average Bonchev–Trinajstić information content (AvgIpc) is 3.20. The summed E-state index contributed by atoms with van der Waals surface area (Å²) >= 11 is 13.8. The average molecular weight is 529 g/mol. The molecule has 2 aliphatic rings. The van der Waals surface area contributed by atoms with Crippen molar-refractivity contribution in [3.8, 4) is 0 Å². The number of fused-ring (bicyclic) bond motifs is 1. The van der Waals surface area contributed by atoms with Gasteiger partial charge in [0.1, 0.15) is 0 Å². The van der Waals surface area contributed by atoms with Gasteiger partial charge in [0.15, 0.2) is 4.80 Å². The summed E-state index contributed by atoms with van der Waals surface area (Å²) in [4.78, 5) is 19.6. The summed E-state index contributed by atoms with van der Waals surface area (Å²) in [7, 11) is 0. The van der Waals surface area contributed by atoms with E-state index in [1.807, 2.05) is 89.5 Å². The maximum absolute atomic E-state index is 13.8. The van der Waals surface area contributed by atoms with Gasteiger partial charge in [-0.15, -0.1) is 0 Å². The Balaban J connectivity index is 1.58. The topological polar surface area (TPSA) is 34.4 Å². The quantitative estimate of drug-likeness (QED) is 0.288. The van der Waals surface area contributed by atoms with E-state index in [-0.39, 0.29) is 11.6 Å². The van der Waals surface area contributed by atoms with E-state index in [1.165, 1.54) is 22.5 Å². The van der Waals surface area contributed by atoms with E-state index in [4.69, 9.17) is 28.2 Å². The first-order valence-corrected chi connectivity index (χ1v) is 13.5. The molecule has 0 saturated carbocycles. The molecule has 1 atom stereocenters. The van der Waals surface area contributed by atoms with Crippen LogP contribution in [0, 0.1) is 0 Å². The van der Waals surface area contributed by atoms with Gasteiger partial charge in [-0.25, -0.2) is 4.99 Å². The number of hydrogen-bond acceptors (Lipinski definition) is 3. The van der Waals surface area contributed by atoms with Crippen molar-refractivity contribution in [2.45, 2.75) is 25.3 Å². The highest BCUT2D eigenvalue weighted by Crippen LogP contribution is 2.41. The van der Waals surface area contributed by atoms with Crippen LogP contribution >= 0.6 is 34.5 Å². The second-order valence-electron chi connectivity index (χ2n) is 8.99. The van der Waals surface area contributed by atoms with E-state index in [0.717, 1.165) is 51.5 Å². The molecule has 0 spiro atoms. The van der Waals surface area contributed by atoms with E-state index < -0.39 is 0 Å². The van der Waals surface area contributed by atoms with Gasteiger partial charge in [-0.05, 0) is 83.5 Å². The van der Waals surface area contributed by atoms with Crippen molar-refractivity contribution >= 4 is 46.7 Å². The molecule has 2 heterocycles. The van der Waals surface area contributed by atoms with Crippen molar-refractivity contribution in [2.75, 3.05) is 0 Å². The lowest BCUT2D eigenvalue weighted by molar-refractivity contribution is 0.553. The van der Waals surface area contributed by atoms with Crippen LogP contribution in [0.25, 0.3) is 12.2 Å². The Labute approximate surface area is 223 Å². The molecule has 0 amide bonds. The first-order chi connectivity index (χ1) is 17.6. The van der Waals surface area contributed by atoms with Crippen molar-refractivity contribution in [2.24, 2.45) is 4.99 Å². The number of allylic oxidation sites excluding steroid dienone is 2. The summed E-state index contributed by atoms with van der Waals surface area (Å²) in [5, 5.41) is 1.40. The SMILES string of the molecule is O=c1c(=Cc2ccccc2)sc2n1C(c1ccc(Cl)cc1)C1=C(N=2)C(=Cc2ccc(Cl)cc2)CCC1. The first kappa shape index (κ1) is 23.2. The highest BCUT2D eigenvalue weighted by atomic mass is 35.5. The van der Waals surface area contributed by atoms with Crippen LogP contribution in [0.5, 0.6) is 0 Å². The standard InChI is InChI=1S/C30H22Cl2N2OS/c31-23-13-9-20(10-14-23)17-22-7-4-8-25-27(22)33-30-34(28(25)21-11-15-24(32)16-12-21)29(35)26(36-30)18-19-5-2-1-3-6-19/h1-3,5-6,9-18,28H,4,7-8H2. The Kier molecular flexibility index (Phi) is 6.26. The highest BCUT2D eigenvalue weighted by Gasteiger charge is 2.32. The molecule has 6 rings (SSSR count). The predicted molar refractivity (Wildman–Crippen MR) is 149 cm³/mol. The van der Waals surface area contributed by atoms with Gasteiger partial charge < -0.3 is 0 Å². The fourth-order valence-corrected chi connectivity index (χ4v) is 6.22. The molecule has 0 radical (unpaired) electrons. The van der Waals surface area contributed by atoms with Crippen LogP contribution in [0.3, 0.4) is 0 Å². The lowest BCUT2D eigenvalue weighted by atomic mass is 9.84. The van der Waals surface area contributed by atoms with Gasteiger partial charge in [0.2, 0.25) is 0 Å². The van der Waals surface area contributed by atoms with Crippen molar-refractivity contribution < 1.29 is 0 Å². The summed E-state index contributed by atoms with van der Waals surface area (Å²) in [5.74, 6) is 0. The van der Waals surface area contributed by atoms with Gasteiger partial charge in [0.25, 0.3) is 5.56 Å². The zero-order valence-corrected chi connectivity index (χ0v) is 21.7. The van der Waals surface area contributed by atoms with Crippen LogP contribution in [0.15, 0.2) is 105 Å². The smallest absolute Gasteiger partial charge is 0.271 e. The fourth-order valence-electron chi connectivity index (χ4n) is 4.96. The second kappa shape index (κ2) is 9.70. The maximum atomic E-state index is 13.8. The van der Waals surface area contributed by atoms with Crippen molar-refractivity contribution in [1.82, 2.24) is 4.57 Å². The minimum Gasteiger partial charge on any atom is -0.272 e. The number of benzene rings is 3. The Morgan fingerprint density at radius 2 is 1.50 bits per heavy atom. The summed E-state index contributed by atoms with van der Waals surface area (Å²) in [6, 6.07) is 25.4. The molecule has 36 heavy (non-hydrogen) atoms. The zero-order valence-electron chi connectivity index (χ0n) is 19.3. The van der Waals surface area contributed by atoms with Gasteiger partial charge in [-0.3, -0.25) is 9.36 Å². The molecule has 1 aliphatic heterocycles. The Morgan fingerprint density at radius 1 is 0.833 bits per heavy atom. The van der Waals surface area contributed by atoms with Crippen LogP contribution in [0.1, 0.15) is 42.0 Å². The molecule has 0 fully saturated rings. The van der Waals surface area contributed by atoms with Crippen LogP contribution in [0.4, 0.5) is 0 Å². The molecule has 0 saturated heterocycles. The molecule has 0 bridgehead atoms. The molecule has 6 heteroatoms.